The number of hydrazone groups is 1. The van der Waals surface area contributed by atoms with Crippen molar-refractivity contribution in [3.05, 3.63) is 87.6 Å². The van der Waals surface area contributed by atoms with Gasteiger partial charge in [-0.3, -0.25) is 4.79 Å². The fourth-order valence-corrected chi connectivity index (χ4v) is 3.07. The van der Waals surface area contributed by atoms with Gasteiger partial charge in [0.2, 0.25) is 0 Å². The van der Waals surface area contributed by atoms with E-state index in [1.165, 1.54) is 32.6 Å². The van der Waals surface area contributed by atoms with E-state index in [1.807, 2.05) is 12.1 Å². The number of methoxy groups -OCH3 is 2. The van der Waals surface area contributed by atoms with E-state index < -0.39 is 5.91 Å². The van der Waals surface area contributed by atoms with E-state index in [2.05, 4.69) is 26.5 Å². The monoisotopic (exact) mass is 486 g/mol. The van der Waals surface area contributed by atoms with Crippen LogP contribution in [0.15, 0.2) is 70.2 Å². The fourth-order valence-electron chi connectivity index (χ4n) is 2.70. The number of nitrogens with one attached hydrogen (secondary N) is 1. The molecular formula is C23H20BrFN2O4. The average Bonchev–Trinajstić information content (AvgIpc) is 2.79. The van der Waals surface area contributed by atoms with Crippen LogP contribution in [0.5, 0.6) is 17.2 Å². The summed E-state index contributed by atoms with van der Waals surface area (Å²) in [5.41, 5.74) is 4.34. The van der Waals surface area contributed by atoms with Gasteiger partial charge in [-0.05, 0) is 54.1 Å². The van der Waals surface area contributed by atoms with E-state index in [-0.39, 0.29) is 12.4 Å². The van der Waals surface area contributed by atoms with Crippen LogP contribution >= 0.6 is 15.9 Å². The lowest BCUT2D eigenvalue weighted by atomic mass is 10.2. The first-order valence-corrected chi connectivity index (χ1v) is 10.0. The van der Waals surface area contributed by atoms with Gasteiger partial charge < -0.3 is 14.2 Å². The Morgan fingerprint density at radius 2 is 1.71 bits per heavy atom. The van der Waals surface area contributed by atoms with Crippen molar-refractivity contribution in [1.29, 1.82) is 0 Å². The predicted molar refractivity (Wildman–Crippen MR) is 119 cm³/mol. The number of hydrogen-bond donors (Lipinski definition) is 1. The zero-order valence-electron chi connectivity index (χ0n) is 16.9. The highest BCUT2D eigenvalue weighted by Gasteiger charge is 2.10. The molecule has 8 heteroatoms. The number of ether oxygens (including phenoxy) is 3. The molecule has 0 unspecified atom stereocenters. The van der Waals surface area contributed by atoms with Crippen LogP contribution in [0.1, 0.15) is 21.5 Å². The van der Waals surface area contributed by atoms with Crippen LogP contribution in [0.3, 0.4) is 0 Å². The van der Waals surface area contributed by atoms with Gasteiger partial charge in [0.1, 0.15) is 18.2 Å². The smallest absolute Gasteiger partial charge is 0.271 e. The summed E-state index contributed by atoms with van der Waals surface area (Å²) >= 11 is 3.42. The van der Waals surface area contributed by atoms with Crippen molar-refractivity contribution in [2.75, 3.05) is 14.2 Å². The lowest BCUT2D eigenvalue weighted by molar-refractivity contribution is 0.0954. The number of carbonyl (C=O) groups is 1. The Hall–Kier alpha value is -3.39. The van der Waals surface area contributed by atoms with Gasteiger partial charge in [0, 0.05) is 15.6 Å². The van der Waals surface area contributed by atoms with Gasteiger partial charge in [-0.25, -0.2) is 9.82 Å². The molecule has 6 nitrogen and oxygen atoms in total. The van der Waals surface area contributed by atoms with Crippen molar-refractivity contribution >= 4 is 28.1 Å². The summed E-state index contributed by atoms with van der Waals surface area (Å²) < 4.78 is 30.1. The third-order valence-corrected chi connectivity index (χ3v) is 4.79. The minimum absolute atomic E-state index is 0.265. The number of amides is 1. The second kappa shape index (κ2) is 10.6. The summed E-state index contributed by atoms with van der Waals surface area (Å²) in [6, 6.07) is 16.3. The third kappa shape index (κ3) is 6.05. The van der Waals surface area contributed by atoms with E-state index in [9.17, 15) is 9.18 Å². The Kier molecular flexibility index (Phi) is 7.61. The quantitative estimate of drug-likeness (QED) is 0.361. The summed E-state index contributed by atoms with van der Waals surface area (Å²) in [5, 5.41) is 4.04. The Morgan fingerprint density at radius 1 is 1.00 bits per heavy atom. The Bertz CT molecular complexity index is 1090. The summed E-state index contributed by atoms with van der Waals surface area (Å²) in [4.78, 5) is 12.4. The normalized spacial score (nSPS) is 10.7. The molecule has 0 aliphatic heterocycles. The van der Waals surface area contributed by atoms with Crippen molar-refractivity contribution < 1.29 is 23.4 Å². The first-order chi connectivity index (χ1) is 15.0. The SMILES string of the molecule is COc1ccc(C(=O)N/N=C/c2cc(Br)ccc2OCc2ccc(F)cc2)cc1OC. The van der Waals surface area contributed by atoms with Crippen molar-refractivity contribution in [2.45, 2.75) is 6.61 Å². The Balaban J connectivity index is 1.69. The molecule has 0 atom stereocenters. The molecule has 0 aliphatic carbocycles. The van der Waals surface area contributed by atoms with Crippen LogP contribution in [0.4, 0.5) is 4.39 Å². The van der Waals surface area contributed by atoms with Gasteiger partial charge in [-0.2, -0.15) is 5.10 Å². The molecular weight excluding hydrogens is 467 g/mol. The molecule has 3 rings (SSSR count). The van der Waals surface area contributed by atoms with Gasteiger partial charge in [0.05, 0.1) is 20.4 Å². The Morgan fingerprint density at radius 3 is 2.42 bits per heavy atom. The van der Waals surface area contributed by atoms with Gasteiger partial charge in [0.25, 0.3) is 5.91 Å². The van der Waals surface area contributed by atoms with E-state index >= 15 is 0 Å². The molecule has 31 heavy (non-hydrogen) atoms. The minimum atomic E-state index is -0.402. The van der Waals surface area contributed by atoms with Gasteiger partial charge in [-0.15, -0.1) is 0 Å². The van der Waals surface area contributed by atoms with Gasteiger partial charge in [0.15, 0.2) is 11.5 Å². The van der Waals surface area contributed by atoms with Crippen LogP contribution < -0.4 is 19.6 Å². The maximum Gasteiger partial charge on any atom is 0.271 e. The van der Waals surface area contributed by atoms with Gasteiger partial charge >= 0.3 is 0 Å². The molecule has 3 aromatic carbocycles. The van der Waals surface area contributed by atoms with Crippen LogP contribution in [0, 0.1) is 5.82 Å². The summed E-state index contributed by atoms with van der Waals surface area (Å²) in [6.07, 6.45) is 1.49. The fraction of sp³-hybridized carbons (Fsp3) is 0.130. The van der Waals surface area contributed by atoms with Crippen molar-refractivity contribution in [3.8, 4) is 17.2 Å². The third-order valence-electron chi connectivity index (χ3n) is 4.29. The zero-order chi connectivity index (χ0) is 22.2. The second-order valence-electron chi connectivity index (χ2n) is 6.37. The van der Waals surface area contributed by atoms with Crippen LogP contribution in [-0.2, 0) is 6.61 Å². The number of nitrogens with zero attached hydrogens (tertiary/aromatic N) is 1. The van der Waals surface area contributed by atoms with E-state index in [0.29, 0.717) is 28.4 Å². The molecule has 0 spiro atoms. The average molecular weight is 487 g/mol. The molecule has 160 valence electrons. The summed E-state index contributed by atoms with van der Waals surface area (Å²) in [7, 11) is 3.02. The highest BCUT2D eigenvalue weighted by molar-refractivity contribution is 9.10. The van der Waals surface area contributed by atoms with Crippen LogP contribution in [-0.4, -0.2) is 26.3 Å². The first kappa shape index (κ1) is 22.3. The lowest BCUT2D eigenvalue weighted by Gasteiger charge is -2.10. The van der Waals surface area contributed by atoms with E-state index in [4.69, 9.17) is 14.2 Å². The van der Waals surface area contributed by atoms with Crippen molar-refractivity contribution in [1.82, 2.24) is 5.43 Å². The van der Waals surface area contributed by atoms with Crippen molar-refractivity contribution in [3.63, 3.8) is 0 Å². The van der Waals surface area contributed by atoms with Crippen molar-refractivity contribution in [2.24, 2.45) is 5.10 Å². The number of rotatable bonds is 8. The number of halogens is 2. The molecule has 1 amide bonds. The molecule has 0 saturated heterocycles. The predicted octanol–water partition coefficient (Wildman–Crippen LogP) is 4.95. The number of benzene rings is 3. The van der Waals surface area contributed by atoms with E-state index in [0.717, 1.165) is 10.0 Å². The topological polar surface area (TPSA) is 69.2 Å². The standard InChI is InChI=1S/C23H20BrFN2O4/c1-29-21-9-5-16(12-22(21)30-2)23(28)27-26-13-17-11-18(24)6-10-20(17)31-14-15-3-7-19(25)8-4-15/h3-13H,14H2,1-2H3,(H,27,28)/b26-13+. The minimum Gasteiger partial charge on any atom is -0.493 e. The number of hydrogen-bond acceptors (Lipinski definition) is 5. The molecule has 0 heterocycles. The van der Waals surface area contributed by atoms with E-state index in [1.54, 1.807) is 36.4 Å². The van der Waals surface area contributed by atoms with Crippen LogP contribution in [0.25, 0.3) is 0 Å². The largest absolute Gasteiger partial charge is 0.493 e. The number of carbonyl (C=O) groups excluding carboxylic acids is 1. The zero-order valence-corrected chi connectivity index (χ0v) is 18.5. The summed E-state index contributed by atoms with van der Waals surface area (Å²) in [5.74, 6) is 0.838. The van der Waals surface area contributed by atoms with Gasteiger partial charge in [-0.1, -0.05) is 28.1 Å². The molecule has 0 aromatic heterocycles. The molecule has 0 aliphatic rings. The molecule has 1 N–H and O–H groups in total. The molecule has 3 aromatic rings. The Labute approximate surface area is 187 Å². The van der Waals surface area contributed by atoms with Crippen LogP contribution in [0.2, 0.25) is 0 Å². The molecule has 0 bridgehead atoms. The highest BCUT2D eigenvalue weighted by atomic mass is 79.9. The highest BCUT2D eigenvalue weighted by Crippen LogP contribution is 2.27. The maximum absolute atomic E-state index is 13.1. The maximum atomic E-state index is 13.1. The lowest BCUT2D eigenvalue weighted by Crippen LogP contribution is -2.17. The molecule has 0 fully saturated rings. The molecule has 0 radical (unpaired) electrons. The first-order valence-electron chi connectivity index (χ1n) is 9.22. The second-order valence-corrected chi connectivity index (χ2v) is 7.28. The summed E-state index contributed by atoms with van der Waals surface area (Å²) in [6.45, 7) is 0.265. The molecule has 0 saturated carbocycles.